The van der Waals surface area contributed by atoms with Gasteiger partial charge in [-0.3, -0.25) is 0 Å². The standard InChI is InChI=1S/C25H24F6NO3/c1-32(2)19-9-10-20(32)14-21(13-19)35-22(33)23(34,15-5-3-7-17(11-15)24(26,27)28)16-6-4-8-18(12-16)25(29,30)31/h3-12,19-21,34H,13-14H2,1-2H3/q+1/t19-,20?,21?/m1/s1. The van der Waals surface area contributed by atoms with E-state index in [0.29, 0.717) is 29.5 Å². The molecule has 1 N–H and O–H groups in total. The highest BCUT2D eigenvalue weighted by Crippen LogP contribution is 2.41. The van der Waals surface area contributed by atoms with E-state index in [-0.39, 0.29) is 12.1 Å². The van der Waals surface area contributed by atoms with Crippen LogP contribution < -0.4 is 0 Å². The Bertz CT molecular complexity index is 1080. The molecule has 4 rings (SSSR count). The third-order valence-corrected chi connectivity index (χ3v) is 7.06. The lowest BCUT2D eigenvalue weighted by Crippen LogP contribution is -2.57. The first-order valence-electron chi connectivity index (χ1n) is 10.9. The number of halogens is 6. The molecule has 2 aromatic carbocycles. The van der Waals surface area contributed by atoms with Gasteiger partial charge in [0.15, 0.2) is 0 Å². The van der Waals surface area contributed by atoms with E-state index in [4.69, 9.17) is 4.74 Å². The average molecular weight is 500 g/mol. The van der Waals surface area contributed by atoms with Gasteiger partial charge in [0.25, 0.3) is 0 Å². The van der Waals surface area contributed by atoms with E-state index in [1.807, 2.05) is 26.2 Å². The smallest absolute Gasteiger partial charge is 0.416 e. The van der Waals surface area contributed by atoms with Crippen LogP contribution >= 0.6 is 0 Å². The van der Waals surface area contributed by atoms with E-state index in [2.05, 4.69) is 0 Å². The van der Waals surface area contributed by atoms with Gasteiger partial charge in [0.2, 0.25) is 5.60 Å². The van der Waals surface area contributed by atoms with Gasteiger partial charge in [-0.15, -0.1) is 0 Å². The maximum Gasteiger partial charge on any atom is 0.416 e. The summed E-state index contributed by atoms with van der Waals surface area (Å²) in [6.07, 6.45) is -5.44. The predicted molar refractivity (Wildman–Crippen MR) is 114 cm³/mol. The molecule has 2 bridgehead atoms. The highest BCUT2D eigenvalue weighted by molar-refractivity contribution is 5.85. The van der Waals surface area contributed by atoms with Crippen molar-refractivity contribution in [2.24, 2.45) is 0 Å². The molecule has 10 heteroatoms. The number of benzene rings is 2. The Hall–Kier alpha value is -2.85. The third kappa shape index (κ3) is 4.56. The summed E-state index contributed by atoms with van der Waals surface area (Å²) in [4.78, 5) is 13.4. The zero-order valence-corrected chi connectivity index (χ0v) is 18.9. The van der Waals surface area contributed by atoms with Crippen molar-refractivity contribution in [3.8, 4) is 0 Å². The topological polar surface area (TPSA) is 46.5 Å². The number of hydrogen-bond donors (Lipinski definition) is 1. The van der Waals surface area contributed by atoms with Gasteiger partial charge in [0.1, 0.15) is 18.2 Å². The molecule has 2 heterocycles. The van der Waals surface area contributed by atoms with Gasteiger partial charge in [-0.1, -0.05) is 24.3 Å². The van der Waals surface area contributed by atoms with Crippen LogP contribution in [0.15, 0.2) is 60.7 Å². The summed E-state index contributed by atoms with van der Waals surface area (Å²) in [6, 6.07) is 6.72. The van der Waals surface area contributed by atoms with Crippen molar-refractivity contribution in [1.82, 2.24) is 0 Å². The van der Waals surface area contributed by atoms with Gasteiger partial charge in [0.05, 0.1) is 25.2 Å². The van der Waals surface area contributed by atoms with E-state index in [1.54, 1.807) is 0 Å². The van der Waals surface area contributed by atoms with Gasteiger partial charge >= 0.3 is 18.3 Å². The van der Waals surface area contributed by atoms with Crippen molar-refractivity contribution in [3.63, 3.8) is 0 Å². The van der Waals surface area contributed by atoms with Crippen molar-refractivity contribution in [1.29, 1.82) is 0 Å². The zero-order chi connectivity index (χ0) is 25.8. The number of rotatable bonds is 4. The second-order valence-electron chi connectivity index (χ2n) is 9.51. The van der Waals surface area contributed by atoms with Crippen molar-refractivity contribution in [2.45, 2.75) is 49.0 Å². The average Bonchev–Trinajstić information content (AvgIpc) is 2.93. The van der Waals surface area contributed by atoms with Gasteiger partial charge in [-0.05, 0) is 36.4 Å². The van der Waals surface area contributed by atoms with Crippen molar-refractivity contribution in [3.05, 3.63) is 82.9 Å². The number of likely N-dealkylation sites (N-methyl/N-ethyl adjacent to an activating group) is 1. The molecule has 35 heavy (non-hydrogen) atoms. The molecule has 2 aromatic rings. The quantitative estimate of drug-likeness (QED) is 0.277. The molecule has 4 nitrogen and oxygen atoms in total. The second-order valence-corrected chi connectivity index (χ2v) is 9.51. The van der Waals surface area contributed by atoms with E-state index in [9.17, 15) is 36.2 Å². The van der Waals surface area contributed by atoms with Crippen molar-refractivity contribution >= 4 is 5.97 Å². The van der Waals surface area contributed by atoms with Crippen LogP contribution in [0.4, 0.5) is 26.3 Å². The lowest BCUT2D eigenvalue weighted by molar-refractivity contribution is -0.926. The third-order valence-electron chi connectivity index (χ3n) is 7.06. The summed E-state index contributed by atoms with van der Waals surface area (Å²) in [5.74, 6) is -1.33. The minimum atomic E-state index is -4.80. The van der Waals surface area contributed by atoms with Crippen LogP contribution in [0.5, 0.6) is 0 Å². The number of quaternary nitrogens is 1. The number of piperidine rings is 1. The summed E-state index contributed by atoms with van der Waals surface area (Å²) in [7, 11) is 4.05. The largest absolute Gasteiger partial charge is 0.459 e. The fourth-order valence-electron chi connectivity index (χ4n) is 4.86. The fraction of sp³-hybridized carbons (Fsp3) is 0.400. The number of nitrogens with zero attached hydrogens (tertiary/aromatic N) is 1. The Balaban J connectivity index is 1.75. The molecular weight excluding hydrogens is 476 g/mol. The van der Waals surface area contributed by atoms with Crippen LogP contribution in [-0.2, 0) is 27.5 Å². The lowest BCUT2D eigenvalue weighted by Gasteiger charge is -2.44. The Labute approximate surface area is 198 Å². The zero-order valence-electron chi connectivity index (χ0n) is 18.9. The molecule has 3 atom stereocenters. The molecule has 0 saturated carbocycles. The van der Waals surface area contributed by atoms with E-state index in [1.165, 1.54) is 0 Å². The number of hydrogen-bond acceptors (Lipinski definition) is 3. The molecule has 2 aliphatic rings. The molecule has 2 aliphatic heterocycles. The maximum absolute atomic E-state index is 13.4. The molecule has 188 valence electrons. The number of alkyl halides is 6. The fourth-order valence-corrected chi connectivity index (χ4v) is 4.86. The van der Waals surface area contributed by atoms with Crippen molar-refractivity contribution < 1.29 is 45.5 Å². The molecule has 0 amide bonds. The van der Waals surface area contributed by atoms with Gasteiger partial charge < -0.3 is 14.3 Å². The first-order chi connectivity index (χ1) is 16.1. The summed E-state index contributed by atoms with van der Waals surface area (Å²) in [5.41, 5.74) is -6.29. The minimum absolute atomic E-state index is 0.0294. The summed E-state index contributed by atoms with van der Waals surface area (Å²) in [6.45, 7) is 0. The van der Waals surface area contributed by atoms with E-state index < -0.39 is 52.3 Å². The summed E-state index contributed by atoms with van der Waals surface area (Å²) >= 11 is 0. The van der Waals surface area contributed by atoms with E-state index >= 15 is 0 Å². The predicted octanol–water partition coefficient (Wildman–Crippen LogP) is 5.05. The number of ether oxygens (including phenoxy) is 1. The summed E-state index contributed by atoms with van der Waals surface area (Å²) < 4.78 is 86.4. The maximum atomic E-state index is 13.4. The molecule has 1 saturated heterocycles. The SMILES string of the molecule is C[N+]1(C)C2C=C[C@@H]1CC(OC(=O)C(O)(c1cccc(C(F)(F)F)c1)c1cccc(C(F)(F)F)c1)C2. The van der Waals surface area contributed by atoms with Gasteiger partial charge in [-0.25, -0.2) is 4.79 Å². The number of fused-ring (bicyclic) bond motifs is 2. The van der Waals surface area contributed by atoms with Crippen LogP contribution in [0.2, 0.25) is 0 Å². The Morgan fingerprint density at radius 2 is 1.23 bits per heavy atom. The highest BCUT2D eigenvalue weighted by Gasteiger charge is 2.50. The first kappa shape index (κ1) is 25.2. The number of esters is 1. The molecule has 0 aromatic heterocycles. The molecule has 1 fully saturated rings. The Morgan fingerprint density at radius 3 is 1.63 bits per heavy atom. The van der Waals surface area contributed by atoms with Crippen LogP contribution in [0.25, 0.3) is 0 Å². The van der Waals surface area contributed by atoms with Crippen LogP contribution in [0.3, 0.4) is 0 Å². The normalized spacial score (nSPS) is 23.9. The highest BCUT2D eigenvalue weighted by atomic mass is 19.4. The van der Waals surface area contributed by atoms with Crippen LogP contribution in [0.1, 0.15) is 35.1 Å². The monoisotopic (exact) mass is 500 g/mol. The Kier molecular flexibility index (Phi) is 6.04. The lowest BCUT2D eigenvalue weighted by atomic mass is 9.84. The van der Waals surface area contributed by atoms with Crippen LogP contribution in [-0.4, -0.2) is 47.8 Å². The molecule has 0 aliphatic carbocycles. The molecular formula is C25H24F6NO3+. The number of carbonyl (C=O) groups excluding carboxylic acids is 1. The molecule has 2 unspecified atom stereocenters. The minimum Gasteiger partial charge on any atom is -0.459 e. The van der Waals surface area contributed by atoms with E-state index in [0.717, 1.165) is 36.4 Å². The van der Waals surface area contributed by atoms with Crippen molar-refractivity contribution in [2.75, 3.05) is 14.1 Å². The van der Waals surface area contributed by atoms with Crippen LogP contribution in [0, 0.1) is 0 Å². The van der Waals surface area contributed by atoms with Gasteiger partial charge in [0, 0.05) is 24.0 Å². The summed E-state index contributed by atoms with van der Waals surface area (Å²) in [5, 5.41) is 11.6. The molecule has 0 spiro atoms. The molecule has 0 radical (unpaired) electrons. The van der Waals surface area contributed by atoms with Gasteiger partial charge in [-0.2, -0.15) is 26.3 Å². The first-order valence-corrected chi connectivity index (χ1v) is 10.9. The number of aliphatic hydroxyl groups is 1. The number of carbonyl (C=O) groups is 1. The second kappa shape index (κ2) is 8.37. The Morgan fingerprint density at radius 1 is 0.829 bits per heavy atom.